The highest BCUT2D eigenvalue weighted by atomic mass is 32.2. The first-order valence-electron chi connectivity index (χ1n) is 13.2. The Morgan fingerprint density at radius 3 is 2.10 bits per heavy atom. The minimum Gasteiger partial charge on any atom is -0.354 e. The van der Waals surface area contributed by atoms with Crippen LogP contribution in [-0.2, 0) is 26.0 Å². The van der Waals surface area contributed by atoms with Gasteiger partial charge in [-0.3, -0.25) is 13.9 Å². The topological polar surface area (TPSA) is 86.8 Å². The normalized spacial score (nSPS) is 12.0. The Morgan fingerprint density at radius 1 is 0.897 bits per heavy atom. The smallest absolute Gasteiger partial charge is 0.264 e. The zero-order chi connectivity index (χ0) is 28.3. The predicted molar refractivity (Wildman–Crippen MR) is 151 cm³/mol. The summed E-state index contributed by atoms with van der Waals surface area (Å²) in [5.41, 5.74) is 1.29. The minimum absolute atomic E-state index is 0.138. The second-order valence-corrected chi connectivity index (χ2v) is 11.1. The molecule has 0 aliphatic carbocycles. The van der Waals surface area contributed by atoms with Crippen molar-refractivity contribution in [3.63, 3.8) is 0 Å². The van der Waals surface area contributed by atoms with E-state index in [2.05, 4.69) is 5.32 Å². The summed E-state index contributed by atoms with van der Waals surface area (Å²) in [5.74, 6) is -1.33. The van der Waals surface area contributed by atoms with E-state index in [-0.39, 0.29) is 17.3 Å². The van der Waals surface area contributed by atoms with Crippen molar-refractivity contribution >= 4 is 27.5 Å². The van der Waals surface area contributed by atoms with Gasteiger partial charge in [0.1, 0.15) is 18.4 Å². The van der Waals surface area contributed by atoms with Gasteiger partial charge in [0, 0.05) is 13.1 Å². The zero-order valence-corrected chi connectivity index (χ0v) is 23.2. The summed E-state index contributed by atoms with van der Waals surface area (Å²) < 4.78 is 41.9. The summed E-state index contributed by atoms with van der Waals surface area (Å²) in [6.07, 6.45) is 2.61. The number of unbranched alkanes of at least 4 members (excludes halogenated alkanes) is 1. The van der Waals surface area contributed by atoms with Crippen LogP contribution in [0.2, 0.25) is 0 Å². The highest BCUT2D eigenvalue weighted by Gasteiger charge is 2.33. The zero-order valence-electron chi connectivity index (χ0n) is 22.4. The molecule has 2 amide bonds. The van der Waals surface area contributed by atoms with Crippen molar-refractivity contribution < 1.29 is 22.4 Å². The van der Waals surface area contributed by atoms with Crippen LogP contribution in [0.15, 0.2) is 89.8 Å². The average molecular weight is 554 g/mol. The lowest BCUT2D eigenvalue weighted by molar-refractivity contribution is -0.139. The van der Waals surface area contributed by atoms with E-state index in [1.165, 1.54) is 17.0 Å². The Balaban J connectivity index is 1.95. The molecule has 0 unspecified atom stereocenters. The molecule has 0 saturated heterocycles. The average Bonchev–Trinajstić information content (AvgIpc) is 2.95. The van der Waals surface area contributed by atoms with Gasteiger partial charge >= 0.3 is 0 Å². The van der Waals surface area contributed by atoms with Gasteiger partial charge < -0.3 is 10.2 Å². The maximum Gasteiger partial charge on any atom is 0.264 e. The summed E-state index contributed by atoms with van der Waals surface area (Å²) in [4.78, 5) is 28.4. The molecule has 9 heteroatoms. The number of anilines is 1. The number of amides is 2. The van der Waals surface area contributed by atoms with Crippen LogP contribution in [-0.4, -0.2) is 50.8 Å². The van der Waals surface area contributed by atoms with Crippen LogP contribution >= 0.6 is 0 Å². The van der Waals surface area contributed by atoms with Crippen LogP contribution in [0.1, 0.15) is 38.7 Å². The summed E-state index contributed by atoms with van der Waals surface area (Å²) in [5, 5.41) is 2.91. The Bertz CT molecular complexity index is 1300. The Kier molecular flexibility index (Phi) is 11.0. The fraction of sp³-hybridized carbons (Fsp3) is 0.333. The summed E-state index contributed by atoms with van der Waals surface area (Å²) in [7, 11) is -4.22. The second kappa shape index (κ2) is 14.4. The lowest BCUT2D eigenvalue weighted by atomic mass is 10.1. The van der Waals surface area contributed by atoms with E-state index in [1.54, 1.807) is 30.3 Å². The first kappa shape index (κ1) is 29.8. The molecule has 0 saturated carbocycles. The molecule has 39 heavy (non-hydrogen) atoms. The van der Waals surface area contributed by atoms with E-state index in [0.29, 0.717) is 25.1 Å². The van der Waals surface area contributed by atoms with Crippen LogP contribution in [0.25, 0.3) is 0 Å². The van der Waals surface area contributed by atoms with E-state index in [0.717, 1.165) is 34.8 Å². The fourth-order valence-corrected chi connectivity index (χ4v) is 5.67. The number of rotatable bonds is 14. The lowest BCUT2D eigenvalue weighted by Crippen LogP contribution is -2.53. The molecule has 0 aliphatic rings. The molecule has 3 aromatic rings. The molecule has 0 radical (unpaired) electrons. The van der Waals surface area contributed by atoms with E-state index >= 15 is 0 Å². The maximum atomic E-state index is 13.9. The molecule has 7 nitrogen and oxygen atoms in total. The number of hydrogen-bond acceptors (Lipinski definition) is 4. The third kappa shape index (κ3) is 8.13. The summed E-state index contributed by atoms with van der Waals surface area (Å²) in [6.45, 7) is 4.08. The Labute approximate surface area is 230 Å². The van der Waals surface area contributed by atoms with E-state index < -0.39 is 34.3 Å². The van der Waals surface area contributed by atoms with Crippen molar-refractivity contribution in [3.05, 3.63) is 96.3 Å². The number of sulfonamides is 1. The number of para-hydroxylation sites is 1. The summed E-state index contributed by atoms with van der Waals surface area (Å²) in [6, 6.07) is 21.6. The SMILES string of the molecule is CCCCNC(=O)[C@@H](CC)N(CCc1ccccc1)C(=O)CN(c1ccccc1)S(=O)(=O)c1ccc(F)cc1. The molecule has 1 N–H and O–H groups in total. The van der Waals surface area contributed by atoms with Crippen molar-refractivity contribution in [1.29, 1.82) is 0 Å². The number of carbonyl (C=O) groups excluding carboxylic acids is 2. The monoisotopic (exact) mass is 553 g/mol. The molecule has 3 rings (SSSR count). The fourth-order valence-electron chi connectivity index (χ4n) is 4.26. The van der Waals surface area contributed by atoms with Gasteiger partial charge in [-0.2, -0.15) is 0 Å². The van der Waals surface area contributed by atoms with Gasteiger partial charge in [-0.1, -0.05) is 68.8 Å². The molecule has 0 aromatic heterocycles. The van der Waals surface area contributed by atoms with Crippen molar-refractivity contribution in [1.82, 2.24) is 10.2 Å². The van der Waals surface area contributed by atoms with Gasteiger partial charge in [-0.05, 0) is 61.2 Å². The standard InChI is InChI=1S/C30H36FN3O4S/c1-3-5-21-32-30(36)28(4-2)33(22-20-24-12-8-6-9-13-24)29(35)23-34(26-14-10-7-11-15-26)39(37,38)27-18-16-25(31)17-19-27/h6-19,28H,3-5,20-23H2,1-2H3,(H,32,36)/t28-/m1/s1. The van der Waals surface area contributed by atoms with E-state index in [1.807, 2.05) is 44.2 Å². The Morgan fingerprint density at radius 2 is 1.51 bits per heavy atom. The maximum absolute atomic E-state index is 13.9. The number of hydrogen-bond donors (Lipinski definition) is 1. The minimum atomic E-state index is -4.22. The number of benzene rings is 3. The van der Waals surface area contributed by atoms with Crippen molar-refractivity contribution in [2.24, 2.45) is 0 Å². The molecule has 0 fully saturated rings. The van der Waals surface area contributed by atoms with E-state index in [9.17, 15) is 22.4 Å². The van der Waals surface area contributed by atoms with Gasteiger partial charge in [0.15, 0.2) is 0 Å². The molecular weight excluding hydrogens is 517 g/mol. The highest BCUT2D eigenvalue weighted by Crippen LogP contribution is 2.24. The highest BCUT2D eigenvalue weighted by molar-refractivity contribution is 7.92. The Hall–Kier alpha value is -3.72. The second-order valence-electron chi connectivity index (χ2n) is 9.19. The van der Waals surface area contributed by atoms with Crippen molar-refractivity contribution in [2.45, 2.75) is 50.5 Å². The molecular formula is C30H36FN3O4S. The lowest BCUT2D eigenvalue weighted by Gasteiger charge is -2.33. The largest absolute Gasteiger partial charge is 0.354 e. The van der Waals surface area contributed by atoms with Crippen LogP contribution in [0, 0.1) is 5.82 Å². The third-order valence-corrected chi connectivity index (χ3v) is 8.21. The van der Waals surface area contributed by atoms with Crippen LogP contribution < -0.4 is 9.62 Å². The van der Waals surface area contributed by atoms with Crippen LogP contribution in [0.5, 0.6) is 0 Å². The quantitative estimate of drug-likeness (QED) is 0.291. The molecule has 0 heterocycles. The number of carbonyl (C=O) groups is 2. The van der Waals surface area contributed by atoms with Gasteiger partial charge in [-0.25, -0.2) is 12.8 Å². The van der Waals surface area contributed by atoms with Crippen molar-refractivity contribution in [3.8, 4) is 0 Å². The first-order chi connectivity index (χ1) is 18.8. The number of nitrogens with zero attached hydrogens (tertiary/aromatic N) is 2. The number of halogens is 1. The van der Waals surface area contributed by atoms with Crippen LogP contribution in [0.4, 0.5) is 10.1 Å². The summed E-state index contributed by atoms with van der Waals surface area (Å²) >= 11 is 0. The van der Waals surface area contributed by atoms with Gasteiger partial charge in [0.05, 0.1) is 10.6 Å². The molecule has 0 bridgehead atoms. The predicted octanol–water partition coefficient (Wildman–Crippen LogP) is 4.79. The number of nitrogens with one attached hydrogen (secondary N) is 1. The molecule has 0 aliphatic heterocycles. The van der Waals surface area contributed by atoms with Gasteiger partial charge in [0.25, 0.3) is 10.0 Å². The van der Waals surface area contributed by atoms with Crippen LogP contribution in [0.3, 0.4) is 0 Å². The van der Waals surface area contributed by atoms with Gasteiger partial charge in [-0.15, -0.1) is 0 Å². The first-order valence-corrected chi connectivity index (χ1v) is 14.7. The molecule has 0 spiro atoms. The van der Waals surface area contributed by atoms with E-state index in [4.69, 9.17) is 0 Å². The van der Waals surface area contributed by atoms with Gasteiger partial charge in [0.2, 0.25) is 11.8 Å². The molecule has 3 aromatic carbocycles. The van der Waals surface area contributed by atoms with Crippen molar-refractivity contribution in [2.75, 3.05) is 23.9 Å². The third-order valence-electron chi connectivity index (χ3n) is 6.42. The molecule has 1 atom stereocenters. The molecule has 208 valence electrons.